The molecule has 2 heterocycles. The van der Waals surface area contributed by atoms with Crippen molar-refractivity contribution in [2.24, 2.45) is 7.05 Å². The predicted molar refractivity (Wildman–Crippen MR) is 100 cm³/mol. The van der Waals surface area contributed by atoms with Gasteiger partial charge < -0.3 is 10.4 Å². The average Bonchev–Trinajstić information content (AvgIpc) is 3.11. The maximum Gasteiger partial charge on any atom is 0.102 e. The number of aryl methyl sites for hydroxylation is 1. The molecule has 0 bridgehead atoms. The van der Waals surface area contributed by atoms with Crippen LogP contribution in [0.5, 0.6) is 0 Å². The van der Waals surface area contributed by atoms with Gasteiger partial charge in [-0.2, -0.15) is 5.10 Å². The monoisotopic (exact) mass is 342 g/mol. The Kier molecular flexibility index (Phi) is 5.00. The molecule has 0 saturated carbocycles. The Bertz CT molecular complexity index is 693. The number of nitrogens with zero attached hydrogens (tertiary/aromatic N) is 3. The van der Waals surface area contributed by atoms with E-state index in [-0.39, 0.29) is 5.54 Å². The number of aliphatic hydroxyl groups is 1. The summed E-state index contributed by atoms with van der Waals surface area (Å²) in [5.41, 5.74) is 1.43. The summed E-state index contributed by atoms with van der Waals surface area (Å²) in [7, 11) is 1.87. The van der Waals surface area contributed by atoms with Crippen LogP contribution >= 0.6 is 0 Å². The van der Waals surface area contributed by atoms with Gasteiger partial charge in [-0.3, -0.25) is 9.58 Å². The van der Waals surface area contributed by atoms with E-state index in [4.69, 9.17) is 0 Å². The van der Waals surface area contributed by atoms with E-state index in [0.717, 1.165) is 25.1 Å². The predicted octanol–water partition coefficient (Wildman–Crippen LogP) is 2.27. The number of aromatic nitrogens is 2. The van der Waals surface area contributed by atoms with E-state index < -0.39 is 5.60 Å². The van der Waals surface area contributed by atoms with Crippen molar-refractivity contribution in [3.05, 3.63) is 53.9 Å². The first-order valence-electron chi connectivity index (χ1n) is 9.00. The maximum atomic E-state index is 10.8. The Hall–Kier alpha value is -1.69. The molecule has 0 amide bonds. The molecule has 0 spiro atoms. The van der Waals surface area contributed by atoms with Crippen molar-refractivity contribution in [3.63, 3.8) is 0 Å². The normalized spacial score (nSPS) is 22.8. The molecule has 1 aromatic heterocycles. The first-order valence-corrected chi connectivity index (χ1v) is 9.00. The van der Waals surface area contributed by atoms with Gasteiger partial charge >= 0.3 is 0 Å². The lowest BCUT2D eigenvalue weighted by molar-refractivity contribution is 0.0539. The van der Waals surface area contributed by atoms with Gasteiger partial charge in [0.2, 0.25) is 0 Å². The standard InChI is InChI=1S/C20H30N4O/c1-19(2)10-18(14-24(19)12-16-8-6-5-7-9-16)21-15-20(3,25)17-11-22-23(4)13-17/h5-9,11,13,18,21,25H,10,12,14-15H2,1-4H3/t18-,20-/m1/s1. The van der Waals surface area contributed by atoms with Gasteiger partial charge in [-0.25, -0.2) is 0 Å². The lowest BCUT2D eigenvalue weighted by Gasteiger charge is -2.31. The van der Waals surface area contributed by atoms with E-state index in [9.17, 15) is 5.11 Å². The summed E-state index contributed by atoms with van der Waals surface area (Å²) < 4.78 is 1.73. The molecule has 5 heteroatoms. The highest BCUT2D eigenvalue weighted by Crippen LogP contribution is 2.31. The molecular weight excluding hydrogens is 312 g/mol. The molecule has 3 rings (SSSR count). The fraction of sp³-hybridized carbons (Fsp3) is 0.550. The van der Waals surface area contributed by atoms with E-state index in [1.165, 1.54) is 5.56 Å². The third-order valence-electron chi connectivity index (χ3n) is 5.32. The van der Waals surface area contributed by atoms with Crippen molar-refractivity contribution in [1.82, 2.24) is 20.0 Å². The zero-order valence-electron chi connectivity index (χ0n) is 15.7. The van der Waals surface area contributed by atoms with Crippen LogP contribution in [0.25, 0.3) is 0 Å². The lowest BCUT2D eigenvalue weighted by Crippen LogP contribution is -2.41. The second kappa shape index (κ2) is 6.90. The molecule has 1 aliphatic rings. The Morgan fingerprint density at radius 2 is 2.04 bits per heavy atom. The fourth-order valence-corrected chi connectivity index (χ4v) is 3.67. The Morgan fingerprint density at radius 1 is 1.32 bits per heavy atom. The van der Waals surface area contributed by atoms with Gasteiger partial charge in [0, 0.05) is 50.0 Å². The van der Waals surface area contributed by atoms with Crippen LogP contribution in [-0.4, -0.2) is 44.5 Å². The number of likely N-dealkylation sites (tertiary alicyclic amines) is 1. The highest BCUT2D eigenvalue weighted by atomic mass is 16.3. The molecule has 1 aromatic carbocycles. The van der Waals surface area contributed by atoms with Crippen LogP contribution in [-0.2, 0) is 19.2 Å². The highest BCUT2D eigenvalue weighted by molar-refractivity contribution is 5.16. The van der Waals surface area contributed by atoms with Gasteiger partial charge in [0.25, 0.3) is 0 Å². The van der Waals surface area contributed by atoms with Gasteiger partial charge in [0.05, 0.1) is 6.20 Å². The van der Waals surface area contributed by atoms with Gasteiger partial charge in [-0.15, -0.1) is 0 Å². The molecule has 0 unspecified atom stereocenters. The van der Waals surface area contributed by atoms with Crippen molar-refractivity contribution >= 4 is 0 Å². The third-order valence-corrected chi connectivity index (χ3v) is 5.32. The zero-order chi connectivity index (χ0) is 18.1. The molecule has 136 valence electrons. The minimum absolute atomic E-state index is 0.146. The number of hydrogen-bond acceptors (Lipinski definition) is 4. The van der Waals surface area contributed by atoms with Gasteiger partial charge in [0.15, 0.2) is 0 Å². The third kappa shape index (κ3) is 4.29. The van der Waals surface area contributed by atoms with E-state index in [1.54, 1.807) is 10.9 Å². The number of rotatable bonds is 6. The van der Waals surface area contributed by atoms with Crippen LogP contribution in [0.2, 0.25) is 0 Å². The largest absolute Gasteiger partial charge is 0.384 e. The number of hydrogen-bond donors (Lipinski definition) is 2. The topological polar surface area (TPSA) is 53.3 Å². The minimum atomic E-state index is -0.911. The molecule has 5 nitrogen and oxygen atoms in total. The van der Waals surface area contributed by atoms with Crippen LogP contribution < -0.4 is 5.32 Å². The average molecular weight is 342 g/mol. The molecule has 2 N–H and O–H groups in total. The van der Waals surface area contributed by atoms with Gasteiger partial charge in [-0.05, 0) is 32.8 Å². The highest BCUT2D eigenvalue weighted by Gasteiger charge is 2.38. The van der Waals surface area contributed by atoms with Crippen LogP contribution in [0, 0.1) is 0 Å². The maximum absolute atomic E-state index is 10.8. The smallest absolute Gasteiger partial charge is 0.102 e. The summed E-state index contributed by atoms with van der Waals surface area (Å²) in [6.07, 6.45) is 4.69. The van der Waals surface area contributed by atoms with E-state index in [0.29, 0.717) is 12.6 Å². The Morgan fingerprint density at radius 3 is 2.68 bits per heavy atom. The Balaban J connectivity index is 1.59. The summed E-state index contributed by atoms with van der Waals surface area (Å²) in [6.45, 7) is 8.93. The summed E-state index contributed by atoms with van der Waals surface area (Å²) in [4.78, 5) is 2.53. The molecule has 0 radical (unpaired) electrons. The first kappa shape index (κ1) is 18.1. The van der Waals surface area contributed by atoms with E-state index >= 15 is 0 Å². The number of benzene rings is 1. The van der Waals surface area contributed by atoms with Crippen molar-refractivity contribution in [2.45, 2.75) is 50.9 Å². The molecule has 2 aromatic rings. The van der Waals surface area contributed by atoms with E-state index in [2.05, 4.69) is 59.5 Å². The van der Waals surface area contributed by atoms with Crippen molar-refractivity contribution in [2.75, 3.05) is 13.1 Å². The fourth-order valence-electron chi connectivity index (χ4n) is 3.67. The van der Waals surface area contributed by atoms with Crippen LogP contribution in [0.1, 0.15) is 38.3 Å². The molecule has 1 saturated heterocycles. The second-order valence-electron chi connectivity index (χ2n) is 8.14. The van der Waals surface area contributed by atoms with E-state index in [1.807, 2.05) is 20.2 Å². The second-order valence-corrected chi connectivity index (χ2v) is 8.14. The van der Waals surface area contributed by atoms with Crippen molar-refractivity contribution < 1.29 is 5.11 Å². The summed E-state index contributed by atoms with van der Waals surface area (Å²) >= 11 is 0. The minimum Gasteiger partial charge on any atom is -0.384 e. The van der Waals surface area contributed by atoms with Crippen LogP contribution in [0.15, 0.2) is 42.7 Å². The first-order chi connectivity index (χ1) is 11.8. The summed E-state index contributed by atoms with van der Waals surface area (Å²) in [5.74, 6) is 0. The zero-order valence-corrected chi connectivity index (χ0v) is 15.7. The number of nitrogens with one attached hydrogen (secondary N) is 1. The van der Waals surface area contributed by atoms with Crippen LogP contribution in [0.4, 0.5) is 0 Å². The lowest BCUT2D eigenvalue weighted by atomic mass is 9.97. The molecular formula is C20H30N4O. The molecule has 1 aliphatic heterocycles. The molecule has 25 heavy (non-hydrogen) atoms. The molecule has 2 atom stereocenters. The quantitative estimate of drug-likeness (QED) is 0.846. The van der Waals surface area contributed by atoms with Gasteiger partial charge in [0.1, 0.15) is 5.60 Å². The molecule has 1 fully saturated rings. The van der Waals surface area contributed by atoms with Crippen molar-refractivity contribution in [3.8, 4) is 0 Å². The SMILES string of the molecule is Cn1cc([C@](C)(O)CN[C@H]2CN(Cc3ccccc3)C(C)(C)C2)cn1. The van der Waals surface area contributed by atoms with Gasteiger partial charge in [-0.1, -0.05) is 30.3 Å². The summed E-state index contributed by atoms with van der Waals surface area (Å²) in [6, 6.07) is 11.0. The van der Waals surface area contributed by atoms with Crippen LogP contribution in [0.3, 0.4) is 0 Å². The molecule has 0 aliphatic carbocycles. The Labute approximate surface area is 150 Å². The summed E-state index contributed by atoms with van der Waals surface area (Å²) in [5, 5.41) is 18.5. The van der Waals surface area contributed by atoms with Crippen molar-refractivity contribution in [1.29, 1.82) is 0 Å².